The van der Waals surface area contributed by atoms with Crippen molar-refractivity contribution in [1.82, 2.24) is 4.57 Å². The number of halogens is 1. The zero-order valence-electron chi connectivity index (χ0n) is 8.87. The lowest BCUT2D eigenvalue weighted by molar-refractivity contribution is 0.517. The first kappa shape index (κ1) is 9.91. The van der Waals surface area contributed by atoms with Gasteiger partial charge in [0, 0.05) is 23.0 Å². The smallest absolute Gasteiger partial charge is 0.258 e. The molecular formula is C13H12ClNO. The van der Waals surface area contributed by atoms with Gasteiger partial charge in [-0.05, 0) is 25.3 Å². The molecular weight excluding hydrogens is 222 g/mol. The molecule has 16 heavy (non-hydrogen) atoms. The second kappa shape index (κ2) is 3.63. The van der Waals surface area contributed by atoms with Crippen LogP contribution in [0.25, 0.3) is 10.8 Å². The van der Waals surface area contributed by atoms with Crippen molar-refractivity contribution < 1.29 is 0 Å². The summed E-state index contributed by atoms with van der Waals surface area (Å²) >= 11 is 6.37. The largest absolute Gasteiger partial charge is 0.311 e. The van der Waals surface area contributed by atoms with Crippen LogP contribution in [0, 0.1) is 0 Å². The summed E-state index contributed by atoms with van der Waals surface area (Å²) in [7, 11) is 0. The highest BCUT2D eigenvalue weighted by atomic mass is 35.5. The Kier molecular flexibility index (Phi) is 2.25. The molecule has 2 aromatic rings. The fourth-order valence-electron chi connectivity index (χ4n) is 2.45. The molecule has 2 nitrogen and oxygen atoms in total. The summed E-state index contributed by atoms with van der Waals surface area (Å²) < 4.78 is 1.84. The summed E-state index contributed by atoms with van der Waals surface area (Å²) in [5.41, 5.74) is 1.12. The number of hydrogen-bond donors (Lipinski definition) is 0. The third kappa shape index (κ3) is 1.30. The van der Waals surface area contributed by atoms with Crippen molar-refractivity contribution in [3.8, 4) is 0 Å². The summed E-state index contributed by atoms with van der Waals surface area (Å²) in [4.78, 5) is 12.2. The van der Waals surface area contributed by atoms with E-state index in [1.54, 1.807) is 0 Å². The lowest BCUT2D eigenvalue weighted by Gasteiger charge is -2.20. The average molecular weight is 234 g/mol. The molecule has 0 atom stereocenters. The van der Waals surface area contributed by atoms with Crippen LogP contribution in [-0.2, 0) is 13.0 Å². The zero-order chi connectivity index (χ0) is 11.1. The van der Waals surface area contributed by atoms with E-state index < -0.39 is 0 Å². The monoisotopic (exact) mass is 233 g/mol. The predicted octanol–water partition coefficient (Wildman–Crippen LogP) is 2.99. The highest BCUT2D eigenvalue weighted by Crippen LogP contribution is 2.28. The van der Waals surface area contributed by atoms with E-state index in [0.717, 1.165) is 47.3 Å². The van der Waals surface area contributed by atoms with Gasteiger partial charge in [0.15, 0.2) is 0 Å². The van der Waals surface area contributed by atoms with Crippen LogP contribution in [0.1, 0.15) is 18.5 Å². The van der Waals surface area contributed by atoms with Crippen LogP contribution in [0.5, 0.6) is 0 Å². The Labute approximate surface area is 98.5 Å². The molecule has 0 unspecified atom stereocenters. The molecule has 3 rings (SSSR count). The molecule has 0 saturated carbocycles. The first-order valence-corrected chi connectivity index (χ1v) is 5.97. The minimum Gasteiger partial charge on any atom is -0.311 e. The van der Waals surface area contributed by atoms with E-state index in [1.165, 1.54) is 0 Å². The highest BCUT2D eigenvalue weighted by Gasteiger charge is 2.17. The number of nitrogens with zero attached hydrogens (tertiary/aromatic N) is 1. The minimum atomic E-state index is 0.106. The highest BCUT2D eigenvalue weighted by molar-refractivity contribution is 6.36. The lowest BCUT2D eigenvalue weighted by Crippen LogP contribution is -2.27. The molecule has 1 aliphatic heterocycles. The molecule has 0 spiro atoms. The number of benzene rings is 1. The number of rotatable bonds is 0. The Hall–Kier alpha value is -1.28. The van der Waals surface area contributed by atoms with Gasteiger partial charge >= 0.3 is 0 Å². The van der Waals surface area contributed by atoms with Crippen molar-refractivity contribution in [2.75, 3.05) is 0 Å². The summed E-state index contributed by atoms with van der Waals surface area (Å²) in [6.07, 6.45) is 3.11. The van der Waals surface area contributed by atoms with Crippen LogP contribution in [0.3, 0.4) is 0 Å². The van der Waals surface area contributed by atoms with Gasteiger partial charge in [0.1, 0.15) is 0 Å². The Morgan fingerprint density at radius 3 is 2.69 bits per heavy atom. The summed E-state index contributed by atoms with van der Waals surface area (Å²) in [5.74, 6) is 0. The van der Waals surface area contributed by atoms with E-state index >= 15 is 0 Å². The number of fused-ring (bicyclic) bond motifs is 2. The van der Waals surface area contributed by atoms with Crippen LogP contribution in [-0.4, -0.2) is 4.57 Å². The first-order chi connectivity index (χ1) is 7.79. The van der Waals surface area contributed by atoms with E-state index in [9.17, 15) is 4.79 Å². The van der Waals surface area contributed by atoms with Gasteiger partial charge in [-0.1, -0.05) is 29.8 Å². The molecule has 0 radical (unpaired) electrons. The Balaban J connectivity index is 2.49. The number of aromatic nitrogens is 1. The molecule has 0 aliphatic carbocycles. The van der Waals surface area contributed by atoms with Gasteiger partial charge in [-0.2, -0.15) is 0 Å². The molecule has 1 aromatic carbocycles. The predicted molar refractivity (Wildman–Crippen MR) is 66.2 cm³/mol. The van der Waals surface area contributed by atoms with Crippen molar-refractivity contribution in [3.05, 3.63) is 45.3 Å². The van der Waals surface area contributed by atoms with Crippen molar-refractivity contribution in [2.24, 2.45) is 0 Å². The third-order valence-electron chi connectivity index (χ3n) is 3.26. The second-order valence-corrected chi connectivity index (χ2v) is 4.60. The van der Waals surface area contributed by atoms with Crippen molar-refractivity contribution in [2.45, 2.75) is 25.8 Å². The van der Waals surface area contributed by atoms with Gasteiger partial charge in [-0.3, -0.25) is 4.79 Å². The van der Waals surface area contributed by atoms with E-state index in [0.29, 0.717) is 0 Å². The number of hydrogen-bond acceptors (Lipinski definition) is 1. The molecule has 0 amide bonds. The molecule has 1 aromatic heterocycles. The molecule has 2 heterocycles. The maximum atomic E-state index is 12.2. The van der Waals surface area contributed by atoms with Gasteiger partial charge in [0.2, 0.25) is 0 Å². The van der Waals surface area contributed by atoms with Crippen LogP contribution >= 0.6 is 11.6 Å². The molecule has 0 N–H and O–H groups in total. The van der Waals surface area contributed by atoms with Gasteiger partial charge < -0.3 is 4.57 Å². The zero-order valence-corrected chi connectivity index (χ0v) is 9.63. The molecule has 0 fully saturated rings. The lowest BCUT2D eigenvalue weighted by atomic mass is 10.0. The van der Waals surface area contributed by atoms with Crippen LogP contribution in [0.15, 0.2) is 29.1 Å². The average Bonchev–Trinajstić information content (AvgIpc) is 2.36. The van der Waals surface area contributed by atoms with Crippen LogP contribution < -0.4 is 5.56 Å². The maximum Gasteiger partial charge on any atom is 0.258 e. The maximum absolute atomic E-state index is 12.2. The summed E-state index contributed by atoms with van der Waals surface area (Å²) in [6.45, 7) is 0.804. The topological polar surface area (TPSA) is 22.0 Å². The quantitative estimate of drug-likeness (QED) is 0.686. The van der Waals surface area contributed by atoms with Crippen LogP contribution in [0.2, 0.25) is 5.02 Å². The second-order valence-electron chi connectivity index (χ2n) is 4.22. The molecule has 1 aliphatic rings. The third-order valence-corrected chi connectivity index (χ3v) is 3.69. The van der Waals surface area contributed by atoms with E-state index in [4.69, 9.17) is 11.6 Å². The van der Waals surface area contributed by atoms with Gasteiger partial charge in [0.05, 0.1) is 5.02 Å². The Morgan fingerprint density at radius 2 is 1.88 bits per heavy atom. The normalized spacial score (nSPS) is 15.1. The fourth-order valence-corrected chi connectivity index (χ4v) is 2.81. The number of pyridine rings is 1. The van der Waals surface area contributed by atoms with E-state index in [1.807, 2.05) is 28.8 Å². The standard InChI is InChI=1S/C13H12ClNO/c14-12-9-5-1-2-6-10(9)13(16)15-8-4-3-7-11(12)15/h1-2,5-6H,3-4,7-8H2. The molecule has 0 bridgehead atoms. The van der Waals surface area contributed by atoms with Crippen molar-refractivity contribution >= 4 is 22.4 Å². The van der Waals surface area contributed by atoms with Gasteiger partial charge in [0.25, 0.3) is 5.56 Å². The Bertz CT molecular complexity index is 615. The summed E-state index contributed by atoms with van der Waals surface area (Å²) in [5, 5.41) is 2.38. The Morgan fingerprint density at radius 1 is 1.12 bits per heavy atom. The summed E-state index contributed by atoms with van der Waals surface area (Å²) in [6, 6.07) is 7.59. The SMILES string of the molecule is O=c1c2ccccc2c(Cl)c2n1CCCC2. The molecule has 3 heteroatoms. The first-order valence-electron chi connectivity index (χ1n) is 5.59. The van der Waals surface area contributed by atoms with Gasteiger partial charge in [-0.15, -0.1) is 0 Å². The van der Waals surface area contributed by atoms with E-state index in [-0.39, 0.29) is 5.56 Å². The van der Waals surface area contributed by atoms with Crippen molar-refractivity contribution in [3.63, 3.8) is 0 Å². The van der Waals surface area contributed by atoms with E-state index in [2.05, 4.69) is 0 Å². The van der Waals surface area contributed by atoms with Crippen LogP contribution in [0.4, 0.5) is 0 Å². The molecule has 0 saturated heterocycles. The minimum absolute atomic E-state index is 0.106. The molecule has 82 valence electrons. The fraction of sp³-hybridized carbons (Fsp3) is 0.308. The van der Waals surface area contributed by atoms with Gasteiger partial charge in [-0.25, -0.2) is 0 Å². The van der Waals surface area contributed by atoms with Crippen molar-refractivity contribution in [1.29, 1.82) is 0 Å².